The maximum Gasteiger partial charge on any atom is 0.411 e. The van der Waals surface area contributed by atoms with Crippen LogP contribution in [0.15, 0.2) is 30.3 Å². The molecule has 0 saturated carbocycles. The van der Waals surface area contributed by atoms with E-state index in [1.165, 1.54) is 0 Å². The zero-order chi connectivity index (χ0) is 16.8. The molecule has 0 aliphatic carbocycles. The number of amides is 2. The number of carbonyl (C=O) groups excluding carboxylic acids is 2. The van der Waals surface area contributed by atoms with Crippen LogP contribution in [0.25, 0.3) is 0 Å². The molecule has 0 radical (unpaired) electrons. The van der Waals surface area contributed by atoms with Crippen molar-refractivity contribution in [2.45, 2.75) is 57.8 Å². The summed E-state index contributed by atoms with van der Waals surface area (Å²) in [4.78, 5) is 28.4. The highest BCUT2D eigenvalue weighted by Gasteiger charge is 2.57. The van der Waals surface area contributed by atoms with E-state index in [0.717, 1.165) is 12.0 Å². The number of rotatable bonds is 2. The molecule has 2 aliphatic heterocycles. The number of nitrogens with zero attached hydrogens (tertiary/aromatic N) is 2. The summed E-state index contributed by atoms with van der Waals surface area (Å²) < 4.78 is 5.42. The number of ether oxygens (including phenoxy) is 1. The summed E-state index contributed by atoms with van der Waals surface area (Å²) in [6.07, 6.45) is 0.428. The van der Waals surface area contributed by atoms with Gasteiger partial charge in [0.25, 0.3) is 0 Å². The molecule has 1 aromatic carbocycles. The molecule has 5 nitrogen and oxygen atoms in total. The van der Waals surface area contributed by atoms with Crippen LogP contribution in [0.3, 0.4) is 0 Å². The first kappa shape index (κ1) is 15.8. The molecule has 3 atom stereocenters. The van der Waals surface area contributed by atoms with Crippen molar-refractivity contribution in [3.63, 3.8) is 0 Å². The Labute approximate surface area is 137 Å². The molecule has 0 N–H and O–H groups in total. The van der Waals surface area contributed by atoms with Crippen LogP contribution >= 0.6 is 0 Å². The Hall–Kier alpha value is -2.04. The molecule has 2 fully saturated rings. The zero-order valence-electron chi connectivity index (χ0n) is 14.2. The molecule has 0 bridgehead atoms. The van der Waals surface area contributed by atoms with Crippen LogP contribution in [0.1, 0.15) is 45.7 Å². The first-order valence-corrected chi connectivity index (χ1v) is 8.16. The molecule has 23 heavy (non-hydrogen) atoms. The quantitative estimate of drug-likeness (QED) is 0.788. The molecule has 1 aromatic rings. The van der Waals surface area contributed by atoms with E-state index in [1.807, 2.05) is 62.9 Å². The first-order chi connectivity index (χ1) is 10.8. The lowest BCUT2D eigenvalue weighted by Gasteiger charge is -2.48. The van der Waals surface area contributed by atoms with Crippen molar-refractivity contribution in [3.05, 3.63) is 35.9 Å². The van der Waals surface area contributed by atoms with Crippen molar-refractivity contribution < 1.29 is 14.3 Å². The minimum atomic E-state index is -0.543. The van der Waals surface area contributed by atoms with E-state index < -0.39 is 5.60 Å². The highest BCUT2D eigenvalue weighted by molar-refractivity contribution is 5.93. The van der Waals surface area contributed by atoms with E-state index in [9.17, 15) is 9.59 Å². The molecule has 2 amide bonds. The molecule has 0 spiro atoms. The van der Waals surface area contributed by atoms with Crippen LogP contribution in [-0.4, -0.2) is 46.0 Å². The summed E-state index contributed by atoms with van der Waals surface area (Å²) in [5.74, 6) is 0.0229. The first-order valence-electron chi connectivity index (χ1n) is 8.16. The van der Waals surface area contributed by atoms with Crippen molar-refractivity contribution in [2.75, 3.05) is 6.54 Å². The number of hydrogen-bond acceptors (Lipinski definition) is 3. The average molecular weight is 316 g/mol. The molecule has 1 unspecified atom stereocenters. The van der Waals surface area contributed by atoms with Gasteiger partial charge in [0.15, 0.2) is 0 Å². The number of carbonyl (C=O) groups is 2. The van der Waals surface area contributed by atoms with E-state index in [2.05, 4.69) is 0 Å². The van der Waals surface area contributed by atoms with Gasteiger partial charge in [0.05, 0.1) is 12.1 Å². The normalized spacial score (nSPS) is 25.0. The van der Waals surface area contributed by atoms with Gasteiger partial charge in [0.1, 0.15) is 11.6 Å². The predicted molar refractivity (Wildman–Crippen MR) is 86.8 cm³/mol. The number of β-lactam (4-membered cyclic amide) rings is 1. The van der Waals surface area contributed by atoms with Crippen LogP contribution in [0.4, 0.5) is 4.79 Å². The topological polar surface area (TPSA) is 49.9 Å². The van der Waals surface area contributed by atoms with Gasteiger partial charge in [-0.05, 0) is 39.7 Å². The molecule has 124 valence electrons. The third-order valence-electron chi connectivity index (χ3n) is 4.56. The van der Waals surface area contributed by atoms with Gasteiger partial charge < -0.3 is 9.64 Å². The van der Waals surface area contributed by atoms with E-state index in [1.54, 1.807) is 4.90 Å². The third kappa shape index (κ3) is 2.80. The maximum absolute atomic E-state index is 12.6. The number of benzene rings is 1. The van der Waals surface area contributed by atoms with E-state index in [-0.39, 0.29) is 30.1 Å². The highest BCUT2D eigenvalue weighted by Crippen LogP contribution is 2.40. The lowest BCUT2D eigenvalue weighted by Crippen LogP contribution is -2.67. The second-order valence-electron chi connectivity index (χ2n) is 7.31. The lowest BCUT2D eigenvalue weighted by atomic mass is 9.91. The fourth-order valence-corrected chi connectivity index (χ4v) is 3.49. The van der Waals surface area contributed by atoms with E-state index in [4.69, 9.17) is 4.74 Å². The molecule has 3 rings (SSSR count). The lowest BCUT2D eigenvalue weighted by molar-refractivity contribution is -0.157. The minimum absolute atomic E-state index is 0.0229. The molecule has 5 heteroatoms. The van der Waals surface area contributed by atoms with Crippen molar-refractivity contribution >= 4 is 12.0 Å². The van der Waals surface area contributed by atoms with Gasteiger partial charge in [0.2, 0.25) is 5.91 Å². The standard InChI is InChI=1S/C18H24N2O3/c1-12(13-8-6-5-7-9-13)20-14-10-11-19(15(14)16(20)21)17(22)23-18(2,3)4/h5-9,12,14-15H,10-11H2,1-4H3/t12?,14-,15+/m0/s1. The summed E-state index contributed by atoms with van der Waals surface area (Å²) in [6, 6.07) is 9.78. The molecule has 2 saturated heterocycles. The largest absolute Gasteiger partial charge is 0.444 e. The average Bonchev–Trinajstić information content (AvgIpc) is 2.86. The van der Waals surface area contributed by atoms with Crippen LogP contribution in [0.2, 0.25) is 0 Å². The molecule has 0 aromatic heterocycles. The minimum Gasteiger partial charge on any atom is -0.444 e. The molecular weight excluding hydrogens is 292 g/mol. The fourth-order valence-electron chi connectivity index (χ4n) is 3.49. The van der Waals surface area contributed by atoms with Gasteiger partial charge in [-0.15, -0.1) is 0 Å². The predicted octanol–water partition coefficient (Wildman–Crippen LogP) is 2.97. The summed E-state index contributed by atoms with van der Waals surface area (Å²) in [7, 11) is 0. The van der Waals surface area contributed by atoms with Gasteiger partial charge in [-0.1, -0.05) is 30.3 Å². The third-order valence-corrected chi connectivity index (χ3v) is 4.56. The SMILES string of the molecule is CC(c1ccccc1)N1C(=O)[C@H]2[C@@H]1CCN2C(=O)OC(C)(C)C. The molecule has 2 aliphatic rings. The van der Waals surface area contributed by atoms with E-state index in [0.29, 0.717) is 6.54 Å². The summed E-state index contributed by atoms with van der Waals surface area (Å²) >= 11 is 0. The summed E-state index contributed by atoms with van der Waals surface area (Å²) in [6.45, 7) is 8.13. The van der Waals surface area contributed by atoms with Crippen molar-refractivity contribution in [3.8, 4) is 0 Å². The number of fused-ring (bicyclic) bond motifs is 1. The Morgan fingerprint density at radius 2 is 1.91 bits per heavy atom. The van der Waals surface area contributed by atoms with Gasteiger partial charge >= 0.3 is 6.09 Å². The monoisotopic (exact) mass is 316 g/mol. The van der Waals surface area contributed by atoms with Gasteiger partial charge in [-0.3, -0.25) is 9.69 Å². The van der Waals surface area contributed by atoms with Crippen LogP contribution in [0, 0.1) is 0 Å². The van der Waals surface area contributed by atoms with Crippen LogP contribution in [-0.2, 0) is 9.53 Å². The van der Waals surface area contributed by atoms with Crippen molar-refractivity contribution in [1.82, 2.24) is 9.80 Å². The fraction of sp³-hybridized carbons (Fsp3) is 0.556. The molecule has 2 heterocycles. The zero-order valence-corrected chi connectivity index (χ0v) is 14.2. The summed E-state index contributed by atoms with van der Waals surface area (Å²) in [5.41, 5.74) is 0.578. The van der Waals surface area contributed by atoms with Crippen LogP contribution in [0.5, 0.6) is 0 Å². The second kappa shape index (κ2) is 5.55. The Bertz CT molecular complexity index is 608. The van der Waals surface area contributed by atoms with Crippen molar-refractivity contribution in [1.29, 1.82) is 0 Å². The van der Waals surface area contributed by atoms with Gasteiger partial charge in [0, 0.05) is 6.54 Å². The number of hydrogen-bond donors (Lipinski definition) is 0. The van der Waals surface area contributed by atoms with Crippen molar-refractivity contribution in [2.24, 2.45) is 0 Å². The summed E-state index contributed by atoms with van der Waals surface area (Å²) in [5, 5.41) is 0. The Balaban J connectivity index is 1.71. The molecular formula is C18H24N2O3. The Morgan fingerprint density at radius 1 is 1.26 bits per heavy atom. The van der Waals surface area contributed by atoms with E-state index >= 15 is 0 Å². The number of likely N-dealkylation sites (tertiary alicyclic amines) is 2. The van der Waals surface area contributed by atoms with Crippen LogP contribution < -0.4 is 0 Å². The highest BCUT2D eigenvalue weighted by atomic mass is 16.6. The smallest absolute Gasteiger partial charge is 0.411 e. The Morgan fingerprint density at radius 3 is 2.52 bits per heavy atom. The second-order valence-corrected chi connectivity index (χ2v) is 7.31. The van der Waals surface area contributed by atoms with Gasteiger partial charge in [-0.2, -0.15) is 0 Å². The Kier molecular flexibility index (Phi) is 3.82. The maximum atomic E-state index is 12.6. The van der Waals surface area contributed by atoms with Gasteiger partial charge in [-0.25, -0.2) is 4.79 Å².